The van der Waals surface area contributed by atoms with Gasteiger partial charge in [-0.05, 0) is 28.3 Å². The largest absolute Gasteiger partial charge is 0.474 e. The first kappa shape index (κ1) is 16.0. The standard InChI is InChI=1S/C17H12F3NO3/c1-10(22)24-21(16(23)17(18,19)20)13-6-7-15-12(9-13)8-11-4-2-3-5-14(11)15/h2-8H,9H2,1H3. The smallest absolute Gasteiger partial charge is 0.334 e. The van der Waals surface area contributed by atoms with Crippen LogP contribution >= 0.6 is 0 Å². The quantitative estimate of drug-likeness (QED) is 0.737. The zero-order chi connectivity index (χ0) is 17.5. The molecule has 0 heterocycles. The Kier molecular flexibility index (Phi) is 3.79. The van der Waals surface area contributed by atoms with Crippen LogP contribution in [0.2, 0.25) is 0 Å². The summed E-state index contributed by atoms with van der Waals surface area (Å²) in [7, 11) is 0. The molecule has 0 radical (unpaired) electrons. The lowest BCUT2D eigenvalue weighted by Gasteiger charge is -2.26. The number of alkyl halides is 3. The van der Waals surface area contributed by atoms with E-state index in [9.17, 15) is 22.8 Å². The van der Waals surface area contributed by atoms with Gasteiger partial charge in [-0.15, -0.1) is 5.06 Å². The molecule has 0 saturated carbocycles. The molecule has 2 aliphatic rings. The number of amides is 1. The summed E-state index contributed by atoms with van der Waals surface area (Å²) in [6.45, 7) is 0.937. The molecule has 0 saturated heterocycles. The van der Waals surface area contributed by atoms with Gasteiger partial charge in [-0.25, -0.2) is 4.79 Å². The van der Waals surface area contributed by atoms with Gasteiger partial charge in [-0.3, -0.25) is 4.79 Å². The van der Waals surface area contributed by atoms with Crippen molar-refractivity contribution in [2.75, 3.05) is 0 Å². The number of carbonyl (C=O) groups is 2. The summed E-state index contributed by atoms with van der Waals surface area (Å²) in [5.74, 6) is -3.25. The topological polar surface area (TPSA) is 46.6 Å². The molecule has 0 aliphatic heterocycles. The fourth-order valence-corrected chi connectivity index (χ4v) is 2.70. The number of benzene rings is 1. The SMILES string of the molecule is CC(=O)ON(C(=O)C(F)(F)F)C1=CC=C2C(=Cc3ccccc32)C1. The number of hydrogen-bond donors (Lipinski definition) is 0. The van der Waals surface area contributed by atoms with Crippen LogP contribution in [0.3, 0.4) is 0 Å². The van der Waals surface area contributed by atoms with E-state index in [1.54, 1.807) is 6.08 Å². The first-order valence-electron chi connectivity index (χ1n) is 7.08. The van der Waals surface area contributed by atoms with Gasteiger partial charge in [0.2, 0.25) is 0 Å². The predicted molar refractivity (Wildman–Crippen MR) is 79.8 cm³/mol. The van der Waals surface area contributed by atoms with E-state index in [1.807, 2.05) is 30.3 Å². The number of nitrogens with zero attached hydrogens (tertiary/aromatic N) is 1. The minimum atomic E-state index is -5.15. The second kappa shape index (κ2) is 5.67. The Bertz CT molecular complexity index is 819. The molecule has 3 rings (SSSR count). The number of hydrogen-bond acceptors (Lipinski definition) is 3. The summed E-state index contributed by atoms with van der Waals surface area (Å²) in [4.78, 5) is 27.2. The molecule has 124 valence electrons. The number of carbonyl (C=O) groups excluding carboxylic acids is 2. The van der Waals surface area contributed by atoms with Gasteiger partial charge < -0.3 is 4.84 Å². The first-order chi connectivity index (χ1) is 11.3. The molecule has 0 aromatic heterocycles. The third kappa shape index (κ3) is 2.84. The van der Waals surface area contributed by atoms with Gasteiger partial charge in [0.05, 0.1) is 5.70 Å². The van der Waals surface area contributed by atoms with E-state index < -0.39 is 18.1 Å². The van der Waals surface area contributed by atoms with Crippen LogP contribution in [0, 0.1) is 0 Å². The summed E-state index contributed by atoms with van der Waals surface area (Å²) in [6.07, 6.45) is -0.265. The van der Waals surface area contributed by atoms with Crippen molar-refractivity contribution in [3.63, 3.8) is 0 Å². The predicted octanol–water partition coefficient (Wildman–Crippen LogP) is 3.62. The molecular weight excluding hydrogens is 323 g/mol. The molecule has 2 aliphatic carbocycles. The molecule has 1 amide bonds. The maximum Gasteiger partial charge on any atom is 0.474 e. The van der Waals surface area contributed by atoms with E-state index in [4.69, 9.17) is 0 Å². The number of rotatable bonds is 1. The Hall–Kier alpha value is -2.83. The van der Waals surface area contributed by atoms with Crippen LogP contribution in [0.25, 0.3) is 11.6 Å². The molecule has 24 heavy (non-hydrogen) atoms. The summed E-state index contributed by atoms with van der Waals surface area (Å²) >= 11 is 0. The maximum atomic E-state index is 12.7. The van der Waals surface area contributed by atoms with Gasteiger partial charge in [0, 0.05) is 13.3 Å². The second-order valence-corrected chi connectivity index (χ2v) is 5.35. The fraction of sp³-hybridized carbons (Fsp3) is 0.176. The van der Waals surface area contributed by atoms with Gasteiger partial charge >= 0.3 is 18.1 Å². The summed E-state index contributed by atoms with van der Waals surface area (Å²) in [5.41, 5.74) is 3.53. The molecule has 0 spiro atoms. The molecule has 0 unspecified atom stereocenters. The van der Waals surface area contributed by atoms with Crippen molar-refractivity contribution in [3.8, 4) is 0 Å². The van der Waals surface area contributed by atoms with Crippen molar-refractivity contribution < 1.29 is 27.6 Å². The second-order valence-electron chi connectivity index (χ2n) is 5.35. The highest BCUT2D eigenvalue weighted by atomic mass is 19.4. The summed E-state index contributed by atoms with van der Waals surface area (Å²) in [6, 6.07) is 7.54. The van der Waals surface area contributed by atoms with E-state index in [2.05, 4.69) is 4.84 Å². The average molecular weight is 335 g/mol. The van der Waals surface area contributed by atoms with Crippen molar-refractivity contribution in [3.05, 3.63) is 58.8 Å². The van der Waals surface area contributed by atoms with Gasteiger partial charge in [0.25, 0.3) is 0 Å². The van der Waals surface area contributed by atoms with Gasteiger partial charge in [-0.2, -0.15) is 13.2 Å². The molecule has 0 N–H and O–H groups in total. The average Bonchev–Trinajstić information content (AvgIpc) is 2.88. The van der Waals surface area contributed by atoms with E-state index in [0.717, 1.165) is 29.2 Å². The van der Waals surface area contributed by atoms with Crippen LogP contribution in [0.15, 0.2) is 47.7 Å². The molecule has 1 aromatic carbocycles. The highest BCUT2D eigenvalue weighted by Crippen LogP contribution is 2.41. The third-order valence-electron chi connectivity index (χ3n) is 3.65. The van der Waals surface area contributed by atoms with Crippen molar-refractivity contribution in [1.82, 2.24) is 5.06 Å². The highest BCUT2D eigenvalue weighted by Gasteiger charge is 2.46. The van der Waals surface area contributed by atoms with Crippen LogP contribution in [-0.4, -0.2) is 23.1 Å². The Morgan fingerprint density at radius 2 is 1.88 bits per heavy atom. The van der Waals surface area contributed by atoms with Gasteiger partial charge in [0.1, 0.15) is 0 Å². The number of allylic oxidation sites excluding steroid dienone is 4. The van der Waals surface area contributed by atoms with E-state index in [-0.39, 0.29) is 17.2 Å². The molecular formula is C17H12F3NO3. The summed E-state index contributed by atoms with van der Waals surface area (Å²) < 4.78 is 38.2. The van der Waals surface area contributed by atoms with Gasteiger partial charge in [-0.1, -0.05) is 36.4 Å². The van der Waals surface area contributed by atoms with E-state index >= 15 is 0 Å². The zero-order valence-electron chi connectivity index (χ0n) is 12.6. The Balaban J connectivity index is 1.95. The molecule has 0 atom stereocenters. The molecule has 1 aromatic rings. The van der Waals surface area contributed by atoms with Crippen molar-refractivity contribution in [2.45, 2.75) is 19.5 Å². The minimum Gasteiger partial charge on any atom is -0.334 e. The third-order valence-corrected chi connectivity index (χ3v) is 3.65. The maximum absolute atomic E-state index is 12.7. The van der Waals surface area contributed by atoms with Crippen LogP contribution in [-0.2, 0) is 14.4 Å². The molecule has 0 fully saturated rings. The minimum absolute atomic E-state index is 0.0272. The highest BCUT2D eigenvalue weighted by molar-refractivity contribution is 5.96. The lowest BCUT2D eigenvalue weighted by molar-refractivity contribution is -0.220. The molecule has 7 heteroatoms. The monoisotopic (exact) mass is 335 g/mol. The number of fused-ring (bicyclic) bond motifs is 3. The number of hydroxylamine groups is 2. The Labute approximate surface area is 135 Å². The fourth-order valence-electron chi connectivity index (χ4n) is 2.70. The lowest BCUT2D eigenvalue weighted by Crippen LogP contribution is -2.41. The van der Waals surface area contributed by atoms with Crippen molar-refractivity contribution >= 4 is 23.5 Å². The van der Waals surface area contributed by atoms with E-state index in [0.29, 0.717) is 0 Å². The van der Waals surface area contributed by atoms with Crippen molar-refractivity contribution in [2.24, 2.45) is 0 Å². The summed E-state index contributed by atoms with van der Waals surface area (Å²) in [5, 5.41) is 0.0272. The Morgan fingerprint density at radius 1 is 1.17 bits per heavy atom. The van der Waals surface area contributed by atoms with Gasteiger partial charge in [0.15, 0.2) is 0 Å². The Morgan fingerprint density at radius 3 is 2.54 bits per heavy atom. The molecule has 0 bridgehead atoms. The zero-order valence-corrected chi connectivity index (χ0v) is 12.6. The van der Waals surface area contributed by atoms with Crippen LogP contribution in [0.1, 0.15) is 24.5 Å². The van der Waals surface area contributed by atoms with Crippen LogP contribution in [0.5, 0.6) is 0 Å². The van der Waals surface area contributed by atoms with Crippen LogP contribution < -0.4 is 0 Å². The van der Waals surface area contributed by atoms with Crippen molar-refractivity contribution in [1.29, 1.82) is 0 Å². The van der Waals surface area contributed by atoms with Crippen LogP contribution in [0.4, 0.5) is 13.2 Å². The number of halogens is 3. The van der Waals surface area contributed by atoms with E-state index in [1.165, 1.54) is 6.08 Å². The normalized spacial score (nSPS) is 15.6. The first-order valence-corrected chi connectivity index (χ1v) is 7.08. The molecule has 4 nitrogen and oxygen atoms in total. The lowest BCUT2D eigenvalue weighted by atomic mass is 9.95.